The Balaban J connectivity index is 1.96. The third-order valence-electron chi connectivity index (χ3n) is 2.71. The molecule has 0 spiro atoms. The van der Waals surface area contributed by atoms with Crippen molar-refractivity contribution in [1.82, 2.24) is 5.32 Å². The quantitative estimate of drug-likeness (QED) is 0.832. The van der Waals surface area contributed by atoms with E-state index in [4.69, 9.17) is 4.74 Å². The molecule has 1 aliphatic heterocycles. The van der Waals surface area contributed by atoms with Gasteiger partial charge >= 0.3 is 0 Å². The highest BCUT2D eigenvalue weighted by Crippen LogP contribution is 2.23. The van der Waals surface area contributed by atoms with Gasteiger partial charge in [-0.25, -0.2) is 8.78 Å². The Labute approximate surface area is 117 Å². The highest BCUT2D eigenvalue weighted by molar-refractivity contribution is 9.10. The number of nitrogens with one attached hydrogen (secondary N) is 2. The van der Waals surface area contributed by atoms with Crippen LogP contribution in [0.3, 0.4) is 0 Å². The normalized spacial score (nSPS) is 19.2. The van der Waals surface area contributed by atoms with E-state index in [2.05, 4.69) is 26.6 Å². The molecule has 0 aromatic heterocycles. The van der Waals surface area contributed by atoms with Crippen molar-refractivity contribution in [3.8, 4) is 0 Å². The fourth-order valence-corrected chi connectivity index (χ4v) is 2.14. The van der Waals surface area contributed by atoms with Crippen LogP contribution in [0.15, 0.2) is 16.6 Å². The number of carbonyl (C=O) groups is 1. The van der Waals surface area contributed by atoms with E-state index in [0.29, 0.717) is 19.8 Å². The van der Waals surface area contributed by atoms with Crippen molar-refractivity contribution >= 4 is 27.5 Å². The molecular formula is C12H13BrF2N2O2. The van der Waals surface area contributed by atoms with E-state index in [9.17, 15) is 13.6 Å². The Kier molecular flexibility index (Phi) is 4.84. The Morgan fingerprint density at radius 1 is 1.47 bits per heavy atom. The Morgan fingerprint density at radius 2 is 2.26 bits per heavy atom. The summed E-state index contributed by atoms with van der Waals surface area (Å²) >= 11 is 2.94. The molecule has 0 radical (unpaired) electrons. The van der Waals surface area contributed by atoms with Gasteiger partial charge in [-0.2, -0.15) is 0 Å². The van der Waals surface area contributed by atoms with Gasteiger partial charge in [0.25, 0.3) is 0 Å². The summed E-state index contributed by atoms with van der Waals surface area (Å²) < 4.78 is 31.8. The number of hydrogen-bond acceptors (Lipinski definition) is 3. The molecule has 7 heteroatoms. The average Bonchev–Trinajstić information content (AvgIpc) is 2.37. The van der Waals surface area contributed by atoms with Crippen LogP contribution in [0.25, 0.3) is 0 Å². The summed E-state index contributed by atoms with van der Waals surface area (Å²) in [5.41, 5.74) is -0.0463. The second-order valence-corrected chi connectivity index (χ2v) is 5.08. The van der Waals surface area contributed by atoms with Crippen molar-refractivity contribution in [2.24, 2.45) is 0 Å². The zero-order chi connectivity index (χ0) is 13.8. The van der Waals surface area contributed by atoms with E-state index in [1.807, 2.05) is 0 Å². The van der Waals surface area contributed by atoms with Gasteiger partial charge in [0.2, 0.25) is 5.91 Å². The molecule has 1 aromatic rings. The lowest BCUT2D eigenvalue weighted by Crippen LogP contribution is -2.43. The second-order valence-electron chi connectivity index (χ2n) is 4.22. The maximum atomic E-state index is 13.5. The van der Waals surface area contributed by atoms with Gasteiger partial charge < -0.3 is 15.4 Å². The molecule has 1 heterocycles. The number of hydrogen-bond donors (Lipinski definition) is 2. The van der Waals surface area contributed by atoms with Crippen LogP contribution >= 0.6 is 15.9 Å². The van der Waals surface area contributed by atoms with E-state index < -0.39 is 11.6 Å². The van der Waals surface area contributed by atoms with Crippen molar-refractivity contribution in [2.45, 2.75) is 12.5 Å². The van der Waals surface area contributed by atoms with Crippen LogP contribution in [0.4, 0.5) is 14.5 Å². The molecule has 1 saturated heterocycles. The predicted molar refractivity (Wildman–Crippen MR) is 69.9 cm³/mol. The maximum absolute atomic E-state index is 13.5. The largest absolute Gasteiger partial charge is 0.378 e. The molecule has 0 aliphatic carbocycles. The molecule has 2 N–H and O–H groups in total. The monoisotopic (exact) mass is 334 g/mol. The Hall–Kier alpha value is -1.05. The smallest absolute Gasteiger partial charge is 0.226 e. The summed E-state index contributed by atoms with van der Waals surface area (Å²) in [6.45, 7) is 1.76. The first kappa shape index (κ1) is 14.4. The molecule has 0 saturated carbocycles. The second kappa shape index (κ2) is 6.40. The van der Waals surface area contributed by atoms with Crippen LogP contribution in [-0.4, -0.2) is 31.7 Å². The molecule has 1 unspecified atom stereocenters. The molecule has 0 bridgehead atoms. The summed E-state index contributed by atoms with van der Waals surface area (Å²) in [6, 6.07) is 1.84. The summed E-state index contributed by atoms with van der Waals surface area (Å²) in [7, 11) is 0. The third kappa shape index (κ3) is 3.95. The first-order valence-corrected chi connectivity index (χ1v) is 6.61. The minimum Gasteiger partial charge on any atom is -0.378 e. The first-order chi connectivity index (χ1) is 9.06. The molecule has 1 aromatic carbocycles. The summed E-state index contributed by atoms with van der Waals surface area (Å²) in [5.74, 6) is -1.86. The first-order valence-electron chi connectivity index (χ1n) is 5.82. The minimum atomic E-state index is -0.804. The maximum Gasteiger partial charge on any atom is 0.226 e. The van der Waals surface area contributed by atoms with Crippen LogP contribution in [0.1, 0.15) is 6.42 Å². The zero-order valence-electron chi connectivity index (χ0n) is 10.0. The molecule has 104 valence electrons. The molecule has 1 aliphatic rings. The van der Waals surface area contributed by atoms with Crippen molar-refractivity contribution < 1.29 is 18.3 Å². The highest BCUT2D eigenvalue weighted by atomic mass is 79.9. The van der Waals surface area contributed by atoms with E-state index in [0.717, 1.165) is 6.07 Å². The van der Waals surface area contributed by atoms with Gasteiger partial charge in [0.05, 0.1) is 23.4 Å². The lowest BCUT2D eigenvalue weighted by atomic mass is 10.2. The Bertz CT molecular complexity index is 479. The zero-order valence-corrected chi connectivity index (χ0v) is 11.6. The lowest BCUT2D eigenvalue weighted by molar-refractivity contribution is -0.117. The van der Waals surface area contributed by atoms with Crippen LogP contribution in [0.5, 0.6) is 0 Å². The number of halogens is 3. The predicted octanol–water partition coefficient (Wildman–Crippen LogP) is 2.04. The van der Waals surface area contributed by atoms with E-state index in [-0.39, 0.29) is 28.5 Å². The van der Waals surface area contributed by atoms with Gasteiger partial charge in [0.15, 0.2) is 0 Å². The van der Waals surface area contributed by atoms with Crippen molar-refractivity contribution in [2.75, 3.05) is 25.1 Å². The van der Waals surface area contributed by atoms with Crippen molar-refractivity contribution in [3.05, 3.63) is 28.2 Å². The summed E-state index contributed by atoms with van der Waals surface area (Å²) in [6.07, 6.45) is 0.175. The highest BCUT2D eigenvalue weighted by Gasteiger charge is 2.18. The van der Waals surface area contributed by atoms with Gasteiger partial charge in [-0.15, -0.1) is 0 Å². The average molecular weight is 335 g/mol. The van der Waals surface area contributed by atoms with Crippen LogP contribution < -0.4 is 10.6 Å². The van der Waals surface area contributed by atoms with Gasteiger partial charge in [0.1, 0.15) is 11.6 Å². The van der Waals surface area contributed by atoms with Crippen molar-refractivity contribution in [1.29, 1.82) is 0 Å². The number of rotatable bonds is 3. The molecule has 1 atom stereocenters. The van der Waals surface area contributed by atoms with Crippen molar-refractivity contribution in [3.63, 3.8) is 0 Å². The van der Waals surface area contributed by atoms with Gasteiger partial charge in [-0.05, 0) is 22.0 Å². The number of ether oxygens (including phenoxy) is 1. The summed E-state index contributed by atoms with van der Waals surface area (Å²) in [4.78, 5) is 11.7. The van der Waals surface area contributed by atoms with Gasteiger partial charge in [-0.1, -0.05) is 0 Å². The lowest BCUT2D eigenvalue weighted by Gasteiger charge is -2.23. The number of benzene rings is 1. The SMILES string of the molecule is O=C(CC1COCCN1)Nc1cc(Br)c(F)cc1F. The van der Waals surface area contributed by atoms with Gasteiger partial charge in [0, 0.05) is 25.1 Å². The Morgan fingerprint density at radius 3 is 2.95 bits per heavy atom. The minimum absolute atomic E-state index is 0.0463. The number of amides is 1. The summed E-state index contributed by atoms with van der Waals surface area (Å²) in [5, 5.41) is 5.54. The fraction of sp³-hybridized carbons (Fsp3) is 0.417. The number of morpholine rings is 1. The van der Waals surface area contributed by atoms with E-state index in [1.54, 1.807) is 0 Å². The van der Waals surface area contributed by atoms with E-state index in [1.165, 1.54) is 6.07 Å². The molecule has 1 fully saturated rings. The third-order valence-corrected chi connectivity index (χ3v) is 3.32. The van der Waals surface area contributed by atoms with Crippen LogP contribution in [0, 0.1) is 11.6 Å². The van der Waals surface area contributed by atoms with Crippen LogP contribution in [-0.2, 0) is 9.53 Å². The molecule has 4 nitrogen and oxygen atoms in total. The van der Waals surface area contributed by atoms with Crippen LogP contribution in [0.2, 0.25) is 0 Å². The molecule has 19 heavy (non-hydrogen) atoms. The van der Waals surface area contributed by atoms with E-state index >= 15 is 0 Å². The molecule has 1 amide bonds. The molecular weight excluding hydrogens is 322 g/mol. The number of anilines is 1. The fourth-order valence-electron chi connectivity index (χ4n) is 1.79. The standard InChI is InChI=1S/C12H13BrF2N2O2/c13-8-4-11(10(15)5-9(8)14)17-12(18)3-7-6-19-2-1-16-7/h4-5,7,16H,1-3,6H2,(H,17,18). The van der Waals surface area contributed by atoms with Gasteiger partial charge in [-0.3, -0.25) is 4.79 Å². The topological polar surface area (TPSA) is 50.4 Å². The molecule has 2 rings (SSSR count). The number of carbonyl (C=O) groups excluding carboxylic acids is 1.